The van der Waals surface area contributed by atoms with Crippen molar-refractivity contribution < 1.29 is 14.7 Å². The van der Waals surface area contributed by atoms with Crippen LogP contribution in [0.1, 0.15) is 15.9 Å². The minimum absolute atomic E-state index is 0.205. The number of hydroxylamine groups is 1. The van der Waals surface area contributed by atoms with Crippen LogP contribution in [0.5, 0.6) is 5.75 Å². The minimum atomic E-state index is -0.634. The Bertz CT molecular complexity index is 912. The Kier molecular flexibility index (Phi) is 4.90. The lowest BCUT2D eigenvalue weighted by atomic mass is 10.0. The van der Waals surface area contributed by atoms with Crippen LogP contribution in [0.25, 0.3) is 10.8 Å². The van der Waals surface area contributed by atoms with Gasteiger partial charge in [-0.2, -0.15) is 0 Å². The van der Waals surface area contributed by atoms with E-state index in [4.69, 9.17) is 33.1 Å². The normalized spacial score (nSPS) is 10.6. The van der Waals surface area contributed by atoms with Gasteiger partial charge in [-0.05, 0) is 29.1 Å². The van der Waals surface area contributed by atoms with E-state index in [2.05, 4.69) is 0 Å². The molecular formula is C18H13Cl2NO3. The molecule has 0 saturated heterocycles. The van der Waals surface area contributed by atoms with Crippen molar-refractivity contribution in [1.29, 1.82) is 0 Å². The van der Waals surface area contributed by atoms with Crippen LogP contribution in [0.2, 0.25) is 10.0 Å². The molecule has 3 rings (SSSR count). The number of ether oxygens (including phenoxy) is 1. The van der Waals surface area contributed by atoms with Gasteiger partial charge < -0.3 is 4.74 Å². The molecule has 0 aliphatic heterocycles. The van der Waals surface area contributed by atoms with E-state index in [9.17, 15) is 4.79 Å². The highest BCUT2D eigenvalue weighted by Gasteiger charge is 2.15. The number of hydrogen-bond acceptors (Lipinski definition) is 3. The zero-order valence-electron chi connectivity index (χ0n) is 12.4. The number of halogens is 2. The minimum Gasteiger partial charge on any atom is -0.487 e. The van der Waals surface area contributed by atoms with Crippen molar-refractivity contribution in [1.82, 2.24) is 5.48 Å². The van der Waals surface area contributed by atoms with Gasteiger partial charge in [0.2, 0.25) is 0 Å². The monoisotopic (exact) mass is 361 g/mol. The summed E-state index contributed by atoms with van der Waals surface area (Å²) in [5.41, 5.74) is 2.70. The number of amides is 1. The zero-order valence-corrected chi connectivity index (χ0v) is 13.9. The van der Waals surface area contributed by atoms with Gasteiger partial charge in [-0.1, -0.05) is 59.6 Å². The van der Waals surface area contributed by atoms with Crippen LogP contribution in [-0.4, -0.2) is 11.1 Å². The van der Waals surface area contributed by atoms with Crippen molar-refractivity contribution in [2.45, 2.75) is 6.61 Å². The van der Waals surface area contributed by atoms with Gasteiger partial charge in [0.25, 0.3) is 5.91 Å². The molecule has 0 saturated carbocycles. The van der Waals surface area contributed by atoms with E-state index in [0.29, 0.717) is 15.8 Å². The first-order valence-electron chi connectivity index (χ1n) is 7.13. The highest BCUT2D eigenvalue weighted by Crippen LogP contribution is 2.31. The van der Waals surface area contributed by atoms with Crippen LogP contribution >= 0.6 is 23.2 Å². The Hall–Kier alpha value is -2.27. The molecule has 0 atom stereocenters. The Morgan fingerprint density at radius 2 is 1.83 bits per heavy atom. The third-order valence-electron chi connectivity index (χ3n) is 3.59. The molecule has 4 nitrogen and oxygen atoms in total. The predicted molar refractivity (Wildman–Crippen MR) is 94.0 cm³/mol. The molecule has 3 aromatic rings. The Morgan fingerprint density at radius 3 is 2.58 bits per heavy atom. The van der Waals surface area contributed by atoms with Crippen molar-refractivity contribution in [3.05, 3.63) is 75.8 Å². The fourth-order valence-corrected chi connectivity index (χ4v) is 2.74. The predicted octanol–water partition coefficient (Wildman–Crippen LogP) is 4.84. The van der Waals surface area contributed by atoms with Crippen molar-refractivity contribution in [3.63, 3.8) is 0 Å². The summed E-state index contributed by atoms with van der Waals surface area (Å²) in [4.78, 5) is 11.9. The number of hydrogen-bond donors (Lipinski definition) is 2. The van der Waals surface area contributed by atoms with Crippen LogP contribution in [0.4, 0.5) is 0 Å². The maximum atomic E-state index is 11.9. The number of fused-ring (bicyclic) bond motifs is 1. The first-order valence-corrected chi connectivity index (χ1v) is 7.88. The van der Waals surface area contributed by atoms with E-state index in [-0.39, 0.29) is 12.2 Å². The van der Waals surface area contributed by atoms with Crippen LogP contribution < -0.4 is 10.2 Å². The molecule has 24 heavy (non-hydrogen) atoms. The van der Waals surface area contributed by atoms with Gasteiger partial charge in [0.15, 0.2) is 0 Å². The van der Waals surface area contributed by atoms with Crippen LogP contribution in [0.3, 0.4) is 0 Å². The zero-order chi connectivity index (χ0) is 17.1. The van der Waals surface area contributed by atoms with E-state index in [1.54, 1.807) is 35.8 Å². The molecule has 0 radical (unpaired) electrons. The van der Waals surface area contributed by atoms with Crippen LogP contribution in [0.15, 0.2) is 54.6 Å². The molecule has 1 amide bonds. The molecule has 6 heteroatoms. The van der Waals surface area contributed by atoms with Crippen molar-refractivity contribution in [2.24, 2.45) is 0 Å². The quantitative estimate of drug-likeness (QED) is 0.516. The molecule has 2 N–H and O–H groups in total. The second-order valence-electron chi connectivity index (χ2n) is 5.14. The van der Waals surface area contributed by atoms with Crippen molar-refractivity contribution >= 4 is 39.9 Å². The summed E-state index contributed by atoms with van der Waals surface area (Å²) < 4.78 is 5.88. The first kappa shape index (κ1) is 16.6. The van der Waals surface area contributed by atoms with Crippen molar-refractivity contribution in [3.8, 4) is 5.75 Å². The molecule has 0 spiro atoms. The SMILES string of the molecule is O=C(NO)c1ccc2ccccc2c1OCc1ccc(Cl)c(Cl)c1. The topological polar surface area (TPSA) is 58.6 Å². The van der Waals surface area contributed by atoms with Gasteiger partial charge in [0, 0.05) is 5.39 Å². The van der Waals surface area contributed by atoms with Crippen LogP contribution in [0, 0.1) is 0 Å². The average Bonchev–Trinajstić information content (AvgIpc) is 2.61. The molecule has 0 unspecified atom stereocenters. The molecule has 0 aliphatic carbocycles. The molecule has 0 aliphatic rings. The molecular weight excluding hydrogens is 349 g/mol. The summed E-state index contributed by atoms with van der Waals surface area (Å²) in [7, 11) is 0. The number of benzene rings is 3. The second kappa shape index (κ2) is 7.09. The largest absolute Gasteiger partial charge is 0.487 e. The van der Waals surface area contributed by atoms with Gasteiger partial charge in [-0.25, -0.2) is 5.48 Å². The Labute approximate surface area is 148 Å². The third-order valence-corrected chi connectivity index (χ3v) is 4.33. The fourth-order valence-electron chi connectivity index (χ4n) is 2.42. The van der Waals surface area contributed by atoms with E-state index < -0.39 is 5.91 Å². The number of carbonyl (C=O) groups is 1. The maximum absolute atomic E-state index is 11.9. The summed E-state index contributed by atoms with van der Waals surface area (Å²) in [5, 5.41) is 11.6. The van der Waals surface area contributed by atoms with E-state index in [1.807, 2.05) is 24.3 Å². The standard InChI is InChI=1S/C18H13Cl2NO3/c19-15-8-5-11(9-16(15)20)10-24-17-13-4-2-1-3-12(13)6-7-14(17)18(22)21-23/h1-9,23H,10H2,(H,21,22). The first-order chi connectivity index (χ1) is 11.6. The molecule has 122 valence electrons. The lowest BCUT2D eigenvalue weighted by Crippen LogP contribution is -2.19. The van der Waals surface area contributed by atoms with Crippen LogP contribution in [-0.2, 0) is 6.61 Å². The van der Waals surface area contributed by atoms with Gasteiger partial charge in [0.05, 0.1) is 15.6 Å². The highest BCUT2D eigenvalue weighted by molar-refractivity contribution is 6.42. The van der Waals surface area contributed by atoms with Gasteiger partial charge in [0.1, 0.15) is 12.4 Å². The number of carbonyl (C=O) groups excluding carboxylic acids is 1. The molecule has 0 aromatic heterocycles. The van der Waals surface area contributed by atoms with E-state index in [1.165, 1.54) is 0 Å². The van der Waals surface area contributed by atoms with E-state index >= 15 is 0 Å². The van der Waals surface area contributed by atoms with E-state index in [0.717, 1.165) is 16.3 Å². The molecule has 0 heterocycles. The summed E-state index contributed by atoms with van der Waals surface area (Å²) in [6, 6.07) is 16.1. The number of nitrogens with one attached hydrogen (secondary N) is 1. The smallest absolute Gasteiger partial charge is 0.278 e. The summed E-state index contributed by atoms with van der Waals surface area (Å²) in [5.74, 6) is -0.240. The molecule has 0 fully saturated rings. The molecule has 0 bridgehead atoms. The van der Waals surface area contributed by atoms with Crippen molar-refractivity contribution in [2.75, 3.05) is 0 Å². The summed E-state index contributed by atoms with van der Waals surface area (Å²) in [6.07, 6.45) is 0. The summed E-state index contributed by atoms with van der Waals surface area (Å²) in [6.45, 7) is 0.205. The Morgan fingerprint density at radius 1 is 1.04 bits per heavy atom. The summed E-state index contributed by atoms with van der Waals surface area (Å²) >= 11 is 11.9. The Balaban J connectivity index is 1.99. The van der Waals surface area contributed by atoms with Gasteiger partial charge in [-0.3, -0.25) is 10.0 Å². The van der Waals surface area contributed by atoms with Gasteiger partial charge in [-0.15, -0.1) is 0 Å². The highest BCUT2D eigenvalue weighted by atomic mass is 35.5. The molecule has 3 aromatic carbocycles. The fraction of sp³-hybridized carbons (Fsp3) is 0.0556. The number of rotatable bonds is 4. The average molecular weight is 362 g/mol. The lowest BCUT2D eigenvalue weighted by molar-refractivity contribution is 0.0702. The third kappa shape index (κ3) is 3.31. The maximum Gasteiger partial charge on any atom is 0.278 e. The lowest BCUT2D eigenvalue weighted by Gasteiger charge is -2.14. The second-order valence-corrected chi connectivity index (χ2v) is 5.96. The van der Waals surface area contributed by atoms with Gasteiger partial charge >= 0.3 is 0 Å².